The smallest absolute Gasteiger partial charge is 0.161 e. The highest BCUT2D eigenvalue weighted by Crippen LogP contribution is 2.52. The van der Waals surface area contributed by atoms with E-state index in [1.165, 1.54) is 11.1 Å². The maximum atomic E-state index is 9.21. The molecule has 0 amide bonds. The SMILES string of the molecule is OCCCn1nc(C2(c3ccccc3)CC2)nc1CCc1cccnc1. The molecule has 4 rings (SSSR count). The summed E-state index contributed by atoms with van der Waals surface area (Å²) < 4.78 is 1.99. The number of nitrogens with zero attached hydrogens (tertiary/aromatic N) is 4. The maximum absolute atomic E-state index is 9.21. The number of pyridine rings is 1. The summed E-state index contributed by atoms with van der Waals surface area (Å²) in [5.74, 6) is 1.93. The third-order valence-electron chi connectivity index (χ3n) is 5.14. The Balaban J connectivity index is 1.59. The Morgan fingerprint density at radius 2 is 1.88 bits per heavy atom. The van der Waals surface area contributed by atoms with Crippen molar-refractivity contribution in [3.63, 3.8) is 0 Å². The summed E-state index contributed by atoms with van der Waals surface area (Å²) in [6, 6.07) is 14.6. The summed E-state index contributed by atoms with van der Waals surface area (Å²) >= 11 is 0. The van der Waals surface area contributed by atoms with Crippen LogP contribution in [0.15, 0.2) is 54.9 Å². The van der Waals surface area contributed by atoms with Gasteiger partial charge >= 0.3 is 0 Å². The van der Waals surface area contributed by atoms with Gasteiger partial charge in [-0.3, -0.25) is 4.98 Å². The van der Waals surface area contributed by atoms with Crippen LogP contribution in [0.2, 0.25) is 0 Å². The molecule has 0 aliphatic heterocycles. The normalized spacial score (nSPS) is 15.1. The van der Waals surface area contributed by atoms with Gasteiger partial charge in [0.2, 0.25) is 0 Å². The molecule has 1 aliphatic carbocycles. The second-order valence-corrected chi connectivity index (χ2v) is 6.96. The molecule has 2 aromatic heterocycles. The first kappa shape index (κ1) is 16.9. The number of benzene rings is 1. The van der Waals surface area contributed by atoms with Crippen LogP contribution in [0.25, 0.3) is 0 Å². The number of aliphatic hydroxyl groups is 1. The molecule has 26 heavy (non-hydrogen) atoms. The minimum Gasteiger partial charge on any atom is -0.396 e. The van der Waals surface area contributed by atoms with E-state index in [0.717, 1.165) is 37.3 Å². The molecule has 1 N–H and O–H groups in total. The van der Waals surface area contributed by atoms with E-state index in [4.69, 9.17) is 10.1 Å². The number of aliphatic hydroxyl groups excluding tert-OH is 1. The van der Waals surface area contributed by atoms with Gasteiger partial charge in [0.25, 0.3) is 0 Å². The second-order valence-electron chi connectivity index (χ2n) is 6.96. The van der Waals surface area contributed by atoms with Crippen LogP contribution in [0.3, 0.4) is 0 Å². The zero-order valence-electron chi connectivity index (χ0n) is 14.9. The lowest BCUT2D eigenvalue weighted by Crippen LogP contribution is -2.12. The summed E-state index contributed by atoms with van der Waals surface area (Å²) in [6.45, 7) is 0.873. The van der Waals surface area contributed by atoms with Crippen LogP contribution in [0.1, 0.15) is 42.0 Å². The molecule has 0 bridgehead atoms. The van der Waals surface area contributed by atoms with Crippen LogP contribution in [-0.4, -0.2) is 31.5 Å². The van der Waals surface area contributed by atoms with Gasteiger partial charge in [-0.2, -0.15) is 5.10 Å². The lowest BCUT2D eigenvalue weighted by molar-refractivity contribution is 0.275. The van der Waals surface area contributed by atoms with Crippen molar-refractivity contribution in [2.45, 2.75) is 44.1 Å². The molecule has 0 spiro atoms. The Hall–Kier alpha value is -2.53. The van der Waals surface area contributed by atoms with Crippen molar-refractivity contribution in [3.8, 4) is 0 Å². The lowest BCUT2D eigenvalue weighted by atomic mass is 9.95. The summed E-state index contributed by atoms with van der Waals surface area (Å²) in [5.41, 5.74) is 2.49. The minimum atomic E-state index is -0.0191. The zero-order chi connectivity index (χ0) is 17.8. The van der Waals surface area contributed by atoms with Gasteiger partial charge < -0.3 is 5.11 Å². The molecule has 0 atom stereocenters. The molecule has 1 saturated carbocycles. The standard InChI is InChI=1S/C21H24N4O/c26-15-5-14-25-19(10-9-17-6-4-13-22-16-17)23-20(24-25)21(11-12-21)18-7-2-1-3-8-18/h1-4,6-8,13,16,26H,5,9-12,14-15H2. The van der Waals surface area contributed by atoms with Gasteiger partial charge in [-0.05, 0) is 42.9 Å². The predicted molar refractivity (Wildman–Crippen MR) is 99.8 cm³/mol. The molecule has 5 nitrogen and oxygen atoms in total. The van der Waals surface area contributed by atoms with Crippen molar-refractivity contribution in [3.05, 3.63) is 77.6 Å². The highest BCUT2D eigenvalue weighted by Gasteiger charge is 2.49. The van der Waals surface area contributed by atoms with E-state index >= 15 is 0 Å². The van der Waals surface area contributed by atoms with Gasteiger partial charge in [-0.1, -0.05) is 36.4 Å². The molecule has 1 aromatic carbocycles. The molecule has 2 heterocycles. The third kappa shape index (κ3) is 3.40. The highest BCUT2D eigenvalue weighted by atomic mass is 16.3. The minimum absolute atomic E-state index is 0.0191. The van der Waals surface area contributed by atoms with Crippen LogP contribution < -0.4 is 0 Å². The average molecular weight is 348 g/mol. The number of aryl methyl sites for hydroxylation is 3. The van der Waals surface area contributed by atoms with E-state index in [1.807, 2.05) is 23.0 Å². The Morgan fingerprint density at radius 3 is 2.58 bits per heavy atom. The molecule has 0 unspecified atom stereocenters. The second kappa shape index (κ2) is 7.38. The van der Waals surface area contributed by atoms with Gasteiger partial charge in [0.15, 0.2) is 5.82 Å². The number of hydrogen-bond donors (Lipinski definition) is 1. The summed E-state index contributed by atoms with van der Waals surface area (Å²) in [6.07, 6.45) is 8.31. The van der Waals surface area contributed by atoms with Crippen LogP contribution in [0.4, 0.5) is 0 Å². The Kier molecular flexibility index (Phi) is 4.80. The predicted octanol–water partition coefficient (Wildman–Crippen LogP) is 2.92. The van der Waals surface area contributed by atoms with Crippen LogP contribution in [-0.2, 0) is 24.8 Å². The third-order valence-corrected chi connectivity index (χ3v) is 5.14. The van der Waals surface area contributed by atoms with Crippen molar-refractivity contribution < 1.29 is 5.11 Å². The first-order chi connectivity index (χ1) is 12.8. The van der Waals surface area contributed by atoms with Crippen molar-refractivity contribution in [2.75, 3.05) is 6.61 Å². The van der Waals surface area contributed by atoms with Gasteiger partial charge in [0.05, 0.1) is 5.41 Å². The summed E-state index contributed by atoms with van der Waals surface area (Å²) in [7, 11) is 0. The summed E-state index contributed by atoms with van der Waals surface area (Å²) in [4.78, 5) is 9.13. The van der Waals surface area contributed by atoms with Crippen LogP contribution in [0.5, 0.6) is 0 Å². The van der Waals surface area contributed by atoms with Crippen molar-refractivity contribution in [2.24, 2.45) is 0 Å². The molecule has 0 radical (unpaired) electrons. The van der Waals surface area contributed by atoms with Gasteiger partial charge in [0.1, 0.15) is 5.82 Å². The van der Waals surface area contributed by atoms with Crippen molar-refractivity contribution in [1.82, 2.24) is 19.7 Å². The first-order valence-electron chi connectivity index (χ1n) is 9.31. The lowest BCUT2D eigenvalue weighted by Gasteiger charge is -2.11. The first-order valence-corrected chi connectivity index (χ1v) is 9.31. The Morgan fingerprint density at radius 1 is 1.04 bits per heavy atom. The molecular formula is C21H24N4O. The molecule has 5 heteroatoms. The molecule has 3 aromatic rings. The molecule has 134 valence electrons. The number of hydrogen-bond acceptors (Lipinski definition) is 4. The Bertz CT molecular complexity index is 841. The summed E-state index contributed by atoms with van der Waals surface area (Å²) in [5, 5.41) is 14.1. The van der Waals surface area contributed by atoms with Crippen LogP contribution >= 0.6 is 0 Å². The van der Waals surface area contributed by atoms with E-state index in [1.54, 1.807) is 6.20 Å². The maximum Gasteiger partial charge on any atom is 0.161 e. The fraction of sp³-hybridized carbons (Fsp3) is 0.381. The van der Waals surface area contributed by atoms with E-state index in [0.29, 0.717) is 13.0 Å². The van der Waals surface area contributed by atoms with Gasteiger partial charge in [-0.25, -0.2) is 9.67 Å². The fourth-order valence-corrected chi connectivity index (χ4v) is 3.49. The van der Waals surface area contributed by atoms with E-state index in [2.05, 4.69) is 35.3 Å². The van der Waals surface area contributed by atoms with Crippen molar-refractivity contribution >= 4 is 0 Å². The van der Waals surface area contributed by atoms with E-state index in [-0.39, 0.29) is 12.0 Å². The average Bonchev–Trinajstić information content (AvgIpc) is 3.41. The zero-order valence-corrected chi connectivity index (χ0v) is 14.9. The van der Waals surface area contributed by atoms with Crippen LogP contribution in [0, 0.1) is 0 Å². The Labute approximate surface area is 153 Å². The van der Waals surface area contributed by atoms with Gasteiger partial charge in [0, 0.05) is 32.0 Å². The van der Waals surface area contributed by atoms with Gasteiger partial charge in [-0.15, -0.1) is 0 Å². The molecule has 1 aliphatic rings. The largest absolute Gasteiger partial charge is 0.396 e. The fourth-order valence-electron chi connectivity index (χ4n) is 3.49. The van der Waals surface area contributed by atoms with E-state index < -0.39 is 0 Å². The molecule has 1 fully saturated rings. The van der Waals surface area contributed by atoms with Crippen molar-refractivity contribution in [1.29, 1.82) is 0 Å². The molecular weight excluding hydrogens is 324 g/mol. The quantitative estimate of drug-likeness (QED) is 0.680. The number of rotatable bonds is 8. The highest BCUT2D eigenvalue weighted by molar-refractivity contribution is 5.39. The van der Waals surface area contributed by atoms with E-state index in [9.17, 15) is 5.11 Å². The monoisotopic (exact) mass is 348 g/mol. The number of aromatic nitrogens is 4. The topological polar surface area (TPSA) is 63.8 Å². The molecule has 0 saturated heterocycles.